The van der Waals surface area contributed by atoms with Crippen LogP contribution in [0, 0.1) is 28.5 Å². The summed E-state index contributed by atoms with van der Waals surface area (Å²) in [6, 6.07) is 26.7. The summed E-state index contributed by atoms with van der Waals surface area (Å²) >= 11 is 0. The van der Waals surface area contributed by atoms with Crippen molar-refractivity contribution in [2.75, 3.05) is 0 Å². The second-order valence-electron chi connectivity index (χ2n) is 5.94. The van der Waals surface area contributed by atoms with Crippen LogP contribution in [0.1, 0.15) is 22.3 Å². The van der Waals surface area contributed by atoms with Crippen LogP contribution in [0.3, 0.4) is 0 Å². The van der Waals surface area contributed by atoms with Crippen molar-refractivity contribution in [3.63, 3.8) is 0 Å². The van der Waals surface area contributed by atoms with E-state index in [4.69, 9.17) is 0 Å². The van der Waals surface area contributed by atoms with E-state index >= 15 is 0 Å². The summed E-state index contributed by atoms with van der Waals surface area (Å²) in [5.74, 6) is -0.495. The zero-order valence-corrected chi connectivity index (χ0v) is 14.5. The van der Waals surface area contributed by atoms with E-state index < -0.39 is 11.9 Å². The third-order valence-corrected chi connectivity index (χ3v) is 4.17. The molecule has 0 radical (unpaired) electrons. The molecular formula is C23H16FN3. The first-order valence-electron chi connectivity index (χ1n) is 8.48. The zero-order valence-electron chi connectivity index (χ0n) is 14.5. The molecule has 0 N–H and O–H groups in total. The predicted molar refractivity (Wildman–Crippen MR) is 103 cm³/mol. The molecule has 0 heterocycles. The lowest BCUT2D eigenvalue weighted by molar-refractivity contribution is 0.603. The molecule has 0 aliphatic carbocycles. The number of rotatable bonds is 5. The number of benzene rings is 3. The normalized spacial score (nSPS) is 11.1. The van der Waals surface area contributed by atoms with E-state index in [1.54, 1.807) is 6.07 Å². The molecular weight excluding hydrogens is 337 g/mol. The first-order chi connectivity index (χ1) is 13.2. The highest BCUT2D eigenvalue weighted by Gasteiger charge is 2.17. The second-order valence-corrected chi connectivity index (χ2v) is 5.94. The Morgan fingerprint density at radius 3 is 1.96 bits per heavy atom. The van der Waals surface area contributed by atoms with Gasteiger partial charge in [0.2, 0.25) is 0 Å². The van der Waals surface area contributed by atoms with Gasteiger partial charge in [-0.25, -0.2) is 4.39 Å². The van der Waals surface area contributed by atoms with Crippen LogP contribution < -0.4 is 0 Å². The van der Waals surface area contributed by atoms with Gasteiger partial charge in [0.1, 0.15) is 11.9 Å². The van der Waals surface area contributed by atoms with Gasteiger partial charge in [0.15, 0.2) is 0 Å². The molecule has 0 fully saturated rings. The van der Waals surface area contributed by atoms with Crippen LogP contribution in [-0.4, -0.2) is 11.8 Å². The molecule has 130 valence electrons. The number of hydrogen-bond donors (Lipinski definition) is 0. The van der Waals surface area contributed by atoms with Gasteiger partial charge in [0, 0.05) is 23.1 Å². The molecule has 0 bridgehead atoms. The molecule has 3 rings (SSSR count). The molecule has 0 aliphatic heterocycles. The van der Waals surface area contributed by atoms with Crippen molar-refractivity contribution in [2.24, 2.45) is 4.99 Å². The summed E-state index contributed by atoms with van der Waals surface area (Å²) in [6.07, 6.45) is 0.0369. The highest BCUT2D eigenvalue weighted by atomic mass is 19.1. The Kier molecular flexibility index (Phi) is 5.72. The van der Waals surface area contributed by atoms with Gasteiger partial charge < -0.3 is 0 Å². The number of nitriles is 2. The van der Waals surface area contributed by atoms with Gasteiger partial charge in [0.05, 0.1) is 23.4 Å². The molecule has 3 aromatic rings. The Hall–Kier alpha value is -3.76. The third kappa shape index (κ3) is 4.26. The van der Waals surface area contributed by atoms with Crippen LogP contribution in [0.25, 0.3) is 0 Å². The molecule has 1 unspecified atom stereocenters. The predicted octanol–water partition coefficient (Wildman–Crippen LogP) is 4.67. The van der Waals surface area contributed by atoms with E-state index in [0.717, 1.165) is 11.1 Å². The lowest BCUT2D eigenvalue weighted by Gasteiger charge is -2.12. The first-order valence-corrected chi connectivity index (χ1v) is 8.48. The summed E-state index contributed by atoms with van der Waals surface area (Å²) in [7, 11) is 0. The molecule has 0 aromatic heterocycles. The third-order valence-electron chi connectivity index (χ3n) is 4.17. The summed E-state index contributed by atoms with van der Waals surface area (Å²) in [4.78, 5) is 4.63. The van der Waals surface area contributed by atoms with Crippen LogP contribution in [0.2, 0.25) is 0 Å². The average molecular weight is 353 g/mol. The zero-order chi connectivity index (χ0) is 19.1. The summed E-state index contributed by atoms with van der Waals surface area (Å²) in [5, 5.41) is 18.9. The first kappa shape index (κ1) is 18.0. The van der Waals surface area contributed by atoms with Crippen LogP contribution in [0.4, 0.5) is 4.39 Å². The van der Waals surface area contributed by atoms with Gasteiger partial charge in [-0.3, -0.25) is 4.99 Å². The van der Waals surface area contributed by atoms with E-state index in [2.05, 4.69) is 11.1 Å². The maximum Gasteiger partial charge on any atom is 0.141 e. The van der Waals surface area contributed by atoms with Gasteiger partial charge in [-0.15, -0.1) is 0 Å². The van der Waals surface area contributed by atoms with E-state index in [1.165, 1.54) is 12.1 Å². The minimum atomic E-state index is -0.815. The highest BCUT2D eigenvalue weighted by molar-refractivity contribution is 6.13. The van der Waals surface area contributed by atoms with Crippen LogP contribution in [0.5, 0.6) is 0 Å². The van der Waals surface area contributed by atoms with Crippen LogP contribution >= 0.6 is 0 Å². The Labute approximate surface area is 157 Å². The second kappa shape index (κ2) is 8.56. The van der Waals surface area contributed by atoms with Gasteiger partial charge in [-0.1, -0.05) is 66.7 Å². The largest absolute Gasteiger partial charge is 0.265 e. The quantitative estimate of drug-likeness (QED) is 0.626. The van der Waals surface area contributed by atoms with Crippen molar-refractivity contribution in [2.45, 2.75) is 12.5 Å². The van der Waals surface area contributed by atoms with Crippen molar-refractivity contribution >= 4 is 5.71 Å². The Balaban J connectivity index is 2.04. The van der Waals surface area contributed by atoms with Crippen molar-refractivity contribution < 1.29 is 4.39 Å². The molecule has 3 aromatic carbocycles. The van der Waals surface area contributed by atoms with E-state index in [-0.39, 0.29) is 17.5 Å². The van der Waals surface area contributed by atoms with Gasteiger partial charge in [-0.05, 0) is 12.1 Å². The average Bonchev–Trinajstić information content (AvgIpc) is 2.73. The highest BCUT2D eigenvalue weighted by Crippen LogP contribution is 2.18. The number of halogens is 1. The number of aliphatic imine (C=N–C) groups is 1. The minimum Gasteiger partial charge on any atom is -0.265 e. The molecule has 0 spiro atoms. The Bertz CT molecular complexity index is 987. The van der Waals surface area contributed by atoms with Crippen molar-refractivity contribution in [1.29, 1.82) is 10.5 Å². The SMILES string of the molecule is N#Cc1cccc(F)c1CC(C#N)N=C(c1ccccc1)c1ccccc1. The standard InChI is InChI=1S/C23H16FN3/c24-22-13-7-12-19(15-25)21(22)14-20(16-26)27-23(17-8-3-1-4-9-17)18-10-5-2-6-11-18/h1-13,20H,14H2. The lowest BCUT2D eigenvalue weighted by Crippen LogP contribution is -2.14. The summed E-state index contributed by atoms with van der Waals surface area (Å²) < 4.78 is 14.2. The summed E-state index contributed by atoms with van der Waals surface area (Å²) in [6.45, 7) is 0. The maximum atomic E-state index is 14.2. The molecule has 0 saturated carbocycles. The number of hydrogen-bond acceptors (Lipinski definition) is 3. The fraction of sp³-hybridized carbons (Fsp3) is 0.0870. The molecule has 0 aliphatic rings. The smallest absolute Gasteiger partial charge is 0.141 e. The van der Waals surface area contributed by atoms with Crippen molar-refractivity contribution in [3.8, 4) is 12.1 Å². The Morgan fingerprint density at radius 1 is 0.852 bits per heavy atom. The van der Waals surface area contributed by atoms with Crippen LogP contribution in [0.15, 0.2) is 83.9 Å². The fourth-order valence-corrected chi connectivity index (χ4v) is 2.85. The maximum absolute atomic E-state index is 14.2. The van der Waals surface area contributed by atoms with E-state index in [1.807, 2.05) is 66.7 Å². The monoisotopic (exact) mass is 353 g/mol. The minimum absolute atomic E-state index is 0.0369. The van der Waals surface area contributed by atoms with Gasteiger partial charge in [0.25, 0.3) is 0 Å². The molecule has 3 nitrogen and oxygen atoms in total. The fourth-order valence-electron chi connectivity index (χ4n) is 2.85. The topological polar surface area (TPSA) is 59.9 Å². The molecule has 4 heteroatoms. The van der Waals surface area contributed by atoms with Crippen molar-refractivity contribution in [1.82, 2.24) is 0 Å². The molecule has 1 atom stereocenters. The van der Waals surface area contributed by atoms with E-state index in [9.17, 15) is 14.9 Å². The molecule has 0 saturated heterocycles. The Morgan fingerprint density at radius 2 is 1.44 bits per heavy atom. The molecule has 0 amide bonds. The van der Waals surface area contributed by atoms with Gasteiger partial charge in [-0.2, -0.15) is 10.5 Å². The van der Waals surface area contributed by atoms with E-state index in [0.29, 0.717) is 5.71 Å². The number of nitrogens with zero attached hydrogens (tertiary/aromatic N) is 3. The van der Waals surface area contributed by atoms with Gasteiger partial charge >= 0.3 is 0 Å². The summed E-state index contributed by atoms with van der Waals surface area (Å²) in [5.41, 5.74) is 2.86. The molecule has 27 heavy (non-hydrogen) atoms. The van der Waals surface area contributed by atoms with Crippen molar-refractivity contribution in [3.05, 3.63) is 107 Å². The lowest BCUT2D eigenvalue weighted by atomic mass is 9.99. The van der Waals surface area contributed by atoms with Crippen LogP contribution in [-0.2, 0) is 6.42 Å².